The fraction of sp³-hybridized carbons (Fsp3) is 0.846. The van der Waals surface area contributed by atoms with Crippen LogP contribution in [0.1, 0.15) is 47.0 Å². The summed E-state index contributed by atoms with van der Waals surface area (Å²) in [6.07, 6.45) is 1.55. The molecular weight excluding hydrogens is 218 g/mol. The van der Waals surface area contributed by atoms with Crippen molar-refractivity contribution in [1.82, 2.24) is 4.90 Å². The van der Waals surface area contributed by atoms with Crippen LogP contribution in [-0.4, -0.2) is 40.4 Å². The van der Waals surface area contributed by atoms with Gasteiger partial charge in [-0.15, -0.1) is 0 Å². The van der Waals surface area contributed by atoms with Gasteiger partial charge < -0.3 is 5.11 Å². The number of nitrogens with zero attached hydrogens (tertiary/aromatic N) is 1. The molecule has 1 N–H and O–H groups in total. The van der Waals surface area contributed by atoms with E-state index in [0.717, 1.165) is 0 Å². The fourth-order valence-corrected chi connectivity index (χ4v) is 2.60. The number of aliphatic carboxylic acids is 1. The number of piperidine rings is 1. The fourth-order valence-electron chi connectivity index (χ4n) is 2.60. The second kappa shape index (κ2) is 4.77. The van der Waals surface area contributed by atoms with Crippen LogP contribution < -0.4 is 0 Å². The van der Waals surface area contributed by atoms with Crippen LogP contribution in [0.25, 0.3) is 0 Å². The van der Waals surface area contributed by atoms with Crippen molar-refractivity contribution in [2.45, 2.75) is 52.5 Å². The number of carboxylic acid groups (broad SMARTS) is 1. The standard InChI is InChI=1S/C13H23NO3/c1-12(2,3)9-13(4,11(16)17)14-7-5-10(15)6-8-14/h5-9H2,1-4H3,(H,16,17). The van der Waals surface area contributed by atoms with Crippen molar-refractivity contribution in [2.75, 3.05) is 13.1 Å². The molecule has 0 saturated carbocycles. The summed E-state index contributed by atoms with van der Waals surface area (Å²) < 4.78 is 0. The summed E-state index contributed by atoms with van der Waals surface area (Å²) in [5.74, 6) is -0.550. The van der Waals surface area contributed by atoms with Crippen molar-refractivity contribution in [3.8, 4) is 0 Å². The largest absolute Gasteiger partial charge is 0.480 e. The molecule has 4 nitrogen and oxygen atoms in total. The van der Waals surface area contributed by atoms with Crippen molar-refractivity contribution in [3.05, 3.63) is 0 Å². The number of carbonyl (C=O) groups excluding carboxylic acids is 1. The lowest BCUT2D eigenvalue weighted by Gasteiger charge is -2.43. The molecule has 0 aromatic heterocycles. The molecule has 1 saturated heterocycles. The van der Waals surface area contributed by atoms with Crippen molar-refractivity contribution in [2.24, 2.45) is 5.41 Å². The van der Waals surface area contributed by atoms with Gasteiger partial charge in [0.25, 0.3) is 0 Å². The Balaban J connectivity index is 2.84. The zero-order valence-corrected chi connectivity index (χ0v) is 11.2. The SMILES string of the molecule is CC(C)(C)CC(C)(C(=O)O)N1CCC(=O)CC1. The maximum absolute atomic E-state index is 11.6. The summed E-state index contributed by atoms with van der Waals surface area (Å²) in [5, 5.41) is 9.49. The van der Waals surface area contributed by atoms with Crippen LogP contribution in [0.5, 0.6) is 0 Å². The molecule has 1 aliphatic rings. The molecular formula is C13H23NO3. The van der Waals surface area contributed by atoms with Gasteiger partial charge in [0.1, 0.15) is 11.3 Å². The van der Waals surface area contributed by atoms with Gasteiger partial charge in [0.2, 0.25) is 0 Å². The lowest BCUT2D eigenvalue weighted by Crippen LogP contribution is -2.56. The highest BCUT2D eigenvalue weighted by atomic mass is 16.4. The van der Waals surface area contributed by atoms with Gasteiger partial charge in [0.05, 0.1) is 0 Å². The Hall–Kier alpha value is -0.900. The minimum absolute atomic E-state index is 0.0470. The van der Waals surface area contributed by atoms with E-state index in [1.807, 2.05) is 25.7 Å². The van der Waals surface area contributed by atoms with Gasteiger partial charge >= 0.3 is 5.97 Å². The van der Waals surface area contributed by atoms with Gasteiger partial charge in [0, 0.05) is 25.9 Å². The highest BCUT2D eigenvalue weighted by Gasteiger charge is 2.43. The van der Waals surface area contributed by atoms with Crippen LogP contribution >= 0.6 is 0 Å². The van der Waals surface area contributed by atoms with Crippen molar-refractivity contribution >= 4 is 11.8 Å². The highest BCUT2D eigenvalue weighted by Crippen LogP contribution is 2.33. The first-order valence-electron chi connectivity index (χ1n) is 6.15. The number of carbonyl (C=O) groups is 2. The quantitative estimate of drug-likeness (QED) is 0.820. The highest BCUT2D eigenvalue weighted by molar-refractivity contribution is 5.81. The second-order valence-corrected chi connectivity index (χ2v) is 6.34. The third-order valence-electron chi connectivity index (χ3n) is 3.35. The van der Waals surface area contributed by atoms with E-state index in [1.54, 1.807) is 6.92 Å². The van der Waals surface area contributed by atoms with E-state index in [9.17, 15) is 14.7 Å². The minimum atomic E-state index is -0.862. The van der Waals surface area contributed by atoms with E-state index in [4.69, 9.17) is 0 Å². The van der Waals surface area contributed by atoms with E-state index >= 15 is 0 Å². The molecule has 17 heavy (non-hydrogen) atoms. The molecule has 0 aromatic rings. The van der Waals surface area contributed by atoms with E-state index in [2.05, 4.69) is 0 Å². The summed E-state index contributed by atoms with van der Waals surface area (Å²) in [6.45, 7) is 9.04. The van der Waals surface area contributed by atoms with E-state index in [1.165, 1.54) is 0 Å². The van der Waals surface area contributed by atoms with Crippen molar-refractivity contribution in [3.63, 3.8) is 0 Å². The van der Waals surface area contributed by atoms with Gasteiger partial charge in [-0.1, -0.05) is 20.8 Å². The number of Topliss-reactive ketones (excluding diaryl/α,β-unsaturated/α-hetero) is 1. The van der Waals surface area contributed by atoms with Crippen molar-refractivity contribution in [1.29, 1.82) is 0 Å². The zero-order valence-electron chi connectivity index (χ0n) is 11.2. The first-order chi connectivity index (χ1) is 7.65. The Morgan fingerprint density at radius 2 is 1.71 bits per heavy atom. The zero-order chi connectivity index (χ0) is 13.3. The summed E-state index contributed by atoms with van der Waals surface area (Å²) in [7, 11) is 0. The Morgan fingerprint density at radius 3 is 2.06 bits per heavy atom. The molecule has 0 aromatic carbocycles. The number of hydrogen-bond acceptors (Lipinski definition) is 3. The molecule has 0 amide bonds. The van der Waals surface area contributed by atoms with Gasteiger partial charge in [-0.3, -0.25) is 14.5 Å². The summed E-state index contributed by atoms with van der Waals surface area (Å²) >= 11 is 0. The van der Waals surface area contributed by atoms with Gasteiger partial charge in [0.15, 0.2) is 0 Å². The van der Waals surface area contributed by atoms with Gasteiger partial charge in [-0.2, -0.15) is 0 Å². The van der Waals surface area contributed by atoms with E-state index in [0.29, 0.717) is 32.4 Å². The molecule has 1 atom stereocenters. The molecule has 1 aliphatic heterocycles. The predicted molar refractivity (Wildman–Crippen MR) is 65.9 cm³/mol. The number of ketones is 1. The summed E-state index contributed by atoms with van der Waals surface area (Å²) in [5.41, 5.74) is -0.909. The maximum Gasteiger partial charge on any atom is 0.323 e. The first-order valence-corrected chi connectivity index (χ1v) is 6.15. The molecule has 0 bridgehead atoms. The topological polar surface area (TPSA) is 57.6 Å². The summed E-state index contributed by atoms with van der Waals surface area (Å²) in [4.78, 5) is 24.7. The molecule has 1 unspecified atom stereocenters. The monoisotopic (exact) mass is 241 g/mol. The van der Waals surface area contributed by atoms with Crippen LogP contribution in [0, 0.1) is 5.41 Å². The van der Waals surface area contributed by atoms with Crippen molar-refractivity contribution < 1.29 is 14.7 Å². The van der Waals surface area contributed by atoms with Crippen LogP contribution in [0.15, 0.2) is 0 Å². The van der Waals surface area contributed by atoms with Crippen LogP contribution in [0.3, 0.4) is 0 Å². The average molecular weight is 241 g/mol. The summed E-state index contributed by atoms with van der Waals surface area (Å²) in [6, 6.07) is 0. The Kier molecular flexibility index (Phi) is 3.97. The average Bonchev–Trinajstić information content (AvgIpc) is 2.15. The predicted octanol–water partition coefficient (Wildman–Crippen LogP) is 1.93. The Morgan fingerprint density at radius 1 is 1.24 bits per heavy atom. The number of hydrogen-bond donors (Lipinski definition) is 1. The molecule has 0 spiro atoms. The Bertz CT molecular complexity index is 309. The smallest absolute Gasteiger partial charge is 0.323 e. The van der Waals surface area contributed by atoms with Gasteiger partial charge in [-0.25, -0.2) is 0 Å². The molecule has 4 heteroatoms. The number of carboxylic acids is 1. The molecule has 98 valence electrons. The maximum atomic E-state index is 11.6. The Labute approximate surface area is 103 Å². The minimum Gasteiger partial charge on any atom is -0.480 e. The normalized spacial score (nSPS) is 22.2. The lowest BCUT2D eigenvalue weighted by molar-refractivity contribution is -0.154. The molecule has 1 rings (SSSR count). The second-order valence-electron chi connectivity index (χ2n) is 6.34. The third kappa shape index (κ3) is 3.53. The lowest BCUT2D eigenvalue weighted by atomic mass is 9.79. The molecule has 1 fully saturated rings. The van der Waals surface area contributed by atoms with Crippen LogP contribution in [0.4, 0.5) is 0 Å². The molecule has 0 aliphatic carbocycles. The number of likely N-dealkylation sites (tertiary alicyclic amines) is 1. The molecule has 1 heterocycles. The van der Waals surface area contributed by atoms with E-state index < -0.39 is 11.5 Å². The van der Waals surface area contributed by atoms with Gasteiger partial charge in [-0.05, 0) is 18.8 Å². The van der Waals surface area contributed by atoms with E-state index in [-0.39, 0.29) is 11.2 Å². The number of rotatable bonds is 3. The first kappa shape index (κ1) is 14.2. The third-order valence-corrected chi connectivity index (χ3v) is 3.35. The molecule has 0 radical (unpaired) electrons. The van der Waals surface area contributed by atoms with Crippen LogP contribution in [0.2, 0.25) is 0 Å². The van der Waals surface area contributed by atoms with Crippen LogP contribution in [-0.2, 0) is 9.59 Å².